The minimum Gasteiger partial charge on any atom is -0.316 e. The van der Waals surface area contributed by atoms with Gasteiger partial charge in [-0.3, -0.25) is 4.79 Å². The highest BCUT2D eigenvalue weighted by molar-refractivity contribution is 7.16. The van der Waals surface area contributed by atoms with Crippen LogP contribution in [-0.4, -0.2) is 10.5 Å². The first-order valence-corrected chi connectivity index (χ1v) is 8.87. The molecule has 0 atom stereocenters. The van der Waals surface area contributed by atoms with Crippen molar-refractivity contribution >= 4 is 27.5 Å². The van der Waals surface area contributed by atoms with Gasteiger partial charge in [0, 0.05) is 6.54 Å². The molecule has 130 valence electrons. The number of rotatable bonds is 3. The number of fused-ring (bicyclic) bond motifs is 1. The lowest BCUT2D eigenvalue weighted by Crippen LogP contribution is -2.17. The van der Waals surface area contributed by atoms with Crippen molar-refractivity contribution in [3.05, 3.63) is 63.5 Å². The Morgan fingerprint density at radius 2 is 1.80 bits per heavy atom. The lowest BCUT2D eigenvalue weighted by molar-refractivity contribution is 0.0990. The molecule has 0 saturated carbocycles. The van der Waals surface area contributed by atoms with Crippen molar-refractivity contribution in [1.29, 1.82) is 0 Å². The number of benzene rings is 2. The summed E-state index contributed by atoms with van der Waals surface area (Å²) in [7, 11) is 0. The molecule has 1 aromatic heterocycles. The second-order valence-electron chi connectivity index (χ2n) is 5.95. The molecule has 0 aliphatic rings. The fourth-order valence-electron chi connectivity index (χ4n) is 2.69. The average Bonchev–Trinajstić information content (AvgIpc) is 2.85. The summed E-state index contributed by atoms with van der Waals surface area (Å²) in [5.41, 5.74) is 2.66. The van der Waals surface area contributed by atoms with E-state index in [0.717, 1.165) is 39.9 Å². The van der Waals surface area contributed by atoms with E-state index >= 15 is 0 Å². The number of hydrogen-bond donors (Lipinski definition) is 0. The molecule has 3 nitrogen and oxygen atoms in total. The van der Waals surface area contributed by atoms with Crippen molar-refractivity contribution in [3.8, 4) is 0 Å². The molecule has 0 unspecified atom stereocenters. The van der Waals surface area contributed by atoms with Crippen LogP contribution in [0.3, 0.4) is 0 Å². The van der Waals surface area contributed by atoms with E-state index < -0.39 is 23.1 Å². The molecule has 25 heavy (non-hydrogen) atoms. The zero-order chi connectivity index (χ0) is 18.1. The first-order chi connectivity index (χ1) is 11.9. The Labute approximate surface area is 148 Å². The number of carbonyl (C=O) groups is 1. The maximum absolute atomic E-state index is 13.8. The number of hydrogen-bond acceptors (Lipinski definition) is 2. The van der Waals surface area contributed by atoms with E-state index in [-0.39, 0.29) is 0 Å². The van der Waals surface area contributed by atoms with Crippen molar-refractivity contribution in [2.24, 2.45) is 4.99 Å². The third-order valence-electron chi connectivity index (χ3n) is 4.12. The molecule has 0 radical (unpaired) electrons. The summed E-state index contributed by atoms with van der Waals surface area (Å²) in [5.74, 6) is -2.70. The Kier molecular flexibility index (Phi) is 4.81. The molecule has 6 heteroatoms. The van der Waals surface area contributed by atoms with Crippen LogP contribution in [-0.2, 0) is 6.54 Å². The molecule has 0 N–H and O–H groups in total. The highest BCUT2D eigenvalue weighted by Crippen LogP contribution is 2.22. The van der Waals surface area contributed by atoms with Crippen LogP contribution in [0.15, 0.2) is 35.3 Å². The smallest absolute Gasteiger partial charge is 0.285 e. The largest absolute Gasteiger partial charge is 0.316 e. The SMILES string of the molecule is CCCn1c(=NC(=O)c2c(F)cccc2F)sc2cc(C)c(C)cc21. The molecule has 0 bridgehead atoms. The zero-order valence-electron chi connectivity index (χ0n) is 14.3. The van der Waals surface area contributed by atoms with Crippen LogP contribution in [0.2, 0.25) is 0 Å². The van der Waals surface area contributed by atoms with Gasteiger partial charge in [0.1, 0.15) is 17.2 Å². The number of aromatic nitrogens is 1. The number of thiazole rings is 1. The zero-order valence-corrected chi connectivity index (χ0v) is 15.1. The number of aryl methyl sites for hydroxylation is 3. The molecule has 0 spiro atoms. The molecule has 1 heterocycles. The van der Waals surface area contributed by atoms with Gasteiger partial charge in [-0.15, -0.1) is 0 Å². The number of halogens is 2. The molecule has 0 fully saturated rings. The van der Waals surface area contributed by atoms with Crippen molar-refractivity contribution in [3.63, 3.8) is 0 Å². The van der Waals surface area contributed by atoms with Crippen molar-refractivity contribution in [2.45, 2.75) is 33.7 Å². The van der Waals surface area contributed by atoms with E-state index in [4.69, 9.17) is 0 Å². The highest BCUT2D eigenvalue weighted by Gasteiger charge is 2.17. The van der Waals surface area contributed by atoms with Crippen LogP contribution < -0.4 is 4.80 Å². The maximum Gasteiger partial charge on any atom is 0.285 e. The number of carbonyl (C=O) groups excluding carboxylic acids is 1. The highest BCUT2D eigenvalue weighted by atomic mass is 32.1. The Morgan fingerprint density at radius 3 is 2.44 bits per heavy atom. The summed E-state index contributed by atoms with van der Waals surface area (Å²) >= 11 is 1.35. The molecule has 0 aliphatic carbocycles. The summed E-state index contributed by atoms with van der Waals surface area (Å²) in [6.07, 6.45) is 0.855. The third-order valence-corrected chi connectivity index (χ3v) is 5.16. The molecule has 1 amide bonds. The summed E-state index contributed by atoms with van der Waals surface area (Å²) in [6, 6.07) is 7.45. The molecule has 0 saturated heterocycles. The Morgan fingerprint density at radius 1 is 1.16 bits per heavy atom. The Balaban J connectivity index is 2.22. The predicted molar refractivity (Wildman–Crippen MR) is 95.8 cm³/mol. The van der Waals surface area contributed by atoms with Gasteiger partial charge in [-0.2, -0.15) is 4.99 Å². The third kappa shape index (κ3) is 3.26. The van der Waals surface area contributed by atoms with Gasteiger partial charge in [0.05, 0.1) is 10.2 Å². The van der Waals surface area contributed by atoms with Gasteiger partial charge in [-0.25, -0.2) is 8.78 Å². The van der Waals surface area contributed by atoms with Crippen molar-refractivity contribution in [2.75, 3.05) is 0 Å². The molecule has 3 rings (SSSR count). The van der Waals surface area contributed by atoms with Crippen LogP contribution in [0.5, 0.6) is 0 Å². The average molecular weight is 360 g/mol. The molecule has 0 aliphatic heterocycles. The fourth-order valence-corrected chi connectivity index (χ4v) is 3.83. The van der Waals surface area contributed by atoms with Gasteiger partial charge in [0.2, 0.25) is 0 Å². The topological polar surface area (TPSA) is 34.4 Å². The lowest BCUT2D eigenvalue weighted by atomic mass is 10.1. The molecule has 2 aromatic carbocycles. The van der Waals surface area contributed by atoms with Gasteiger partial charge in [0.25, 0.3) is 5.91 Å². The predicted octanol–water partition coefficient (Wildman–Crippen LogP) is 4.75. The fraction of sp³-hybridized carbons (Fsp3) is 0.263. The van der Waals surface area contributed by atoms with E-state index in [1.54, 1.807) is 0 Å². The van der Waals surface area contributed by atoms with E-state index in [0.29, 0.717) is 11.3 Å². The quantitative estimate of drug-likeness (QED) is 0.664. The lowest BCUT2D eigenvalue weighted by Gasteiger charge is -2.05. The van der Waals surface area contributed by atoms with Gasteiger partial charge in [-0.05, 0) is 55.7 Å². The van der Waals surface area contributed by atoms with E-state index in [1.165, 1.54) is 17.4 Å². The normalized spacial score (nSPS) is 12.1. The summed E-state index contributed by atoms with van der Waals surface area (Å²) in [5, 5.41) is 0. The minimum atomic E-state index is -0.902. The van der Waals surface area contributed by atoms with Crippen molar-refractivity contribution < 1.29 is 13.6 Å². The number of amides is 1. The maximum atomic E-state index is 13.8. The summed E-state index contributed by atoms with van der Waals surface area (Å²) in [6.45, 7) is 6.75. The minimum absolute atomic E-state index is 0.453. The molecular weight excluding hydrogens is 342 g/mol. The van der Waals surface area contributed by atoms with Crippen LogP contribution >= 0.6 is 11.3 Å². The van der Waals surface area contributed by atoms with E-state index in [9.17, 15) is 13.6 Å². The standard InChI is InChI=1S/C19H18F2N2OS/c1-4-8-23-15-9-11(2)12(3)10-16(15)25-19(23)22-18(24)17-13(20)6-5-7-14(17)21/h5-7,9-10H,4,8H2,1-3H3. The van der Waals surface area contributed by atoms with Crippen molar-refractivity contribution in [1.82, 2.24) is 4.57 Å². The van der Waals surface area contributed by atoms with Gasteiger partial charge in [-0.1, -0.05) is 24.3 Å². The monoisotopic (exact) mass is 360 g/mol. The Bertz CT molecular complexity index is 1010. The first-order valence-electron chi connectivity index (χ1n) is 8.06. The van der Waals surface area contributed by atoms with E-state index in [1.807, 2.05) is 25.3 Å². The summed E-state index contributed by atoms with van der Waals surface area (Å²) in [4.78, 5) is 16.9. The van der Waals surface area contributed by atoms with Crippen LogP contribution in [0.25, 0.3) is 10.2 Å². The van der Waals surface area contributed by atoms with Crippen LogP contribution in [0.1, 0.15) is 34.8 Å². The van der Waals surface area contributed by atoms with Gasteiger partial charge in [0.15, 0.2) is 4.80 Å². The van der Waals surface area contributed by atoms with Crippen LogP contribution in [0.4, 0.5) is 8.78 Å². The van der Waals surface area contributed by atoms with Gasteiger partial charge >= 0.3 is 0 Å². The Hall–Kier alpha value is -2.34. The van der Waals surface area contributed by atoms with E-state index in [2.05, 4.69) is 17.1 Å². The molecular formula is C19H18F2N2OS. The number of nitrogens with zero attached hydrogens (tertiary/aromatic N) is 2. The van der Waals surface area contributed by atoms with Gasteiger partial charge < -0.3 is 4.57 Å². The molecule has 3 aromatic rings. The second-order valence-corrected chi connectivity index (χ2v) is 6.96. The second kappa shape index (κ2) is 6.88. The van der Waals surface area contributed by atoms with Crippen LogP contribution in [0, 0.1) is 25.5 Å². The summed E-state index contributed by atoms with van der Waals surface area (Å²) < 4.78 is 30.6. The first kappa shape index (κ1) is 17.5.